The Labute approximate surface area is 121 Å². The van der Waals surface area contributed by atoms with Crippen LogP contribution < -0.4 is 5.32 Å². The number of nitrogens with zero attached hydrogens (tertiary/aromatic N) is 1. The zero-order chi connectivity index (χ0) is 13.8. The summed E-state index contributed by atoms with van der Waals surface area (Å²) in [5.41, 5.74) is 0.314. The molecule has 1 aromatic carbocycles. The number of piperazine rings is 1. The molecule has 1 atom stereocenters. The highest BCUT2D eigenvalue weighted by molar-refractivity contribution is 6.33. The molecule has 1 aliphatic rings. The van der Waals surface area contributed by atoms with E-state index in [9.17, 15) is 8.78 Å². The molecule has 1 aromatic rings. The maximum Gasteiger partial charge on any atom is 0.148 e. The molecule has 0 bridgehead atoms. The van der Waals surface area contributed by atoms with E-state index in [2.05, 4.69) is 10.2 Å². The van der Waals surface area contributed by atoms with Crippen molar-refractivity contribution >= 4 is 23.2 Å². The minimum absolute atomic E-state index is 0.0263. The molecule has 1 aliphatic heterocycles. The highest BCUT2D eigenvalue weighted by Crippen LogP contribution is 2.35. The largest absolute Gasteiger partial charge is 0.314 e. The standard InChI is InChI=1S/C13H16Cl2F2N2/c14-9-1-2-10(15)13(17)12(9)11(3-4-16)19-7-5-18-6-8-19/h1-2,11,18H,3-8H2/t11-/m1/s1. The lowest BCUT2D eigenvalue weighted by Gasteiger charge is -2.35. The van der Waals surface area contributed by atoms with Crippen LogP contribution in [0.25, 0.3) is 0 Å². The number of alkyl halides is 1. The smallest absolute Gasteiger partial charge is 0.148 e. The van der Waals surface area contributed by atoms with Crippen molar-refractivity contribution in [2.45, 2.75) is 12.5 Å². The molecule has 2 nitrogen and oxygen atoms in total. The van der Waals surface area contributed by atoms with E-state index in [1.165, 1.54) is 6.07 Å². The van der Waals surface area contributed by atoms with Gasteiger partial charge in [-0.25, -0.2) is 4.39 Å². The van der Waals surface area contributed by atoms with Gasteiger partial charge in [0.05, 0.1) is 11.7 Å². The van der Waals surface area contributed by atoms with Crippen molar-refractivity contribution in [3.05, 3.63) is 33.6 Å². The van der Waals surface area contributed by atoms with Gasteiger partial charge in [0.1, 0.15) is 5.82 Å². The van der Waals surface area contributed by atoms with E-state index < -0.39 is 12.5 Å². The monoisotopic (exact) mass is 308 g/mol. The molecule has 1 heterocycles. The Balaban J connectivity index is 2.35. The predicted molar refractivity (Wildman–Crippen MR) is 74.2 cm³/mol. The van der Waals surface area contributed by atoms with Crippen LogP contribution in [0.2, 0.25) is 10.0 Å². The molecule has 0 amide bonds. The minimum Gasteiger partial charge on any atom is -0.314 e. The van der Waals surface area contributed by atoms with Crippen LogP contribution >= 0.6 is 23.2 Å². The number of nitrogens with one attached hydrogen (secondary N) is 1. The first-order valence-electron chi connectivity index (χ1n) is 6.29. The molecule has 0 radical (unpaired) electrons. The van der Waals surface area contributed by atoms with Crippen molar-refractivity contribution in [3.8, 4) is 0 Å². The van der Waals surface area contributed by atoms with Crippen molar-refractivity contribution in [2.75, 3.05) is 32.9 Å². The Kier molecular flexibility index (Phi) is 5.39. The Bertz CT molecular complexity index is 437. The summed E-state index contributed by atoms with van der Waals surface area (Å²) < 4.78 is 27.0. The molecule has 0 unspecified atom stereocenters. The van der Waals surface area contributed by atoms with Crippen molar-refractivity contribution < 1.29 is 8.78 Å². The van der Waals surface area contributed by atoms with Crippen LogP contribution in [0, 0.1) is 5.82 Å². The van der Waals surface area contributed by atoms with E-state index in [0.717, 1.165) is 26.2 Å². The minimum atomic E-state index is -0.536. The van der Waals surface area contributed by atoms with E-state index in [4.69, 9.17) is 23.2 Å². The summed E-state index contributed by atoms with van der Waals surface area (Å²) in [7, 11) is 0. The van der Waals surface area contributed by atoms with Gasteiger partial charge in [-0.05, 0) is 18.6 Å². The summed E-state index contributed by atoms with van der Waals surface area (Å²) in [6, 6.07) is 2.63. The SMILES string of the molecule is FCC[C@H](c1c(Cl)ccc(Cl)c1F)N1CCNCC1. The van der Waals surface area contributed by atoms with Crippen LogP contribution in [0.5, 0.6) is 0 Å². The summed E-state index contributed by atoms with van der Waals surface area (Å²) in [6.07, 6.45) is 0.219. The second-order valence-electron chi connectivity index (χ2n) is 4.54. The molecule has 6 heteroatoms. The van der Waals surface area contributed by atoms with Gasteiger partial charge >= 0.3 is 0 Å². The molecule has 0 aromatic heterocycles. The number of rotatable bonds is 4. The highest BCUT2D eigenvalue weighted by Gasteiger charge is 2.27. The summed E-state index contributed by atoms with van der Waals surface area (Å²) in [4.78, 5) is 2.05. The Morgan fingerprint density at radius 3 is 2.47 bits per heavy atom. The molecule has 0 aliphatic carbocycles. The van der Waals surface area contributed by atoms with Crippen LogP contribution in [0.3, 0.4) is 0 Å². The number of halogens is 4. The third-order valence-electron chi connectivity index (χ3n) is 3.39. The Morgan fingerprint density at radius 2 is 1.84 bits per heavy atom. The van der Waals surface area contributed by atoms with Crippen LogP contribution in [-0.2, 0) is 0 Å². The van der Waals surface area contributed by atoms with Gasteiger partial charge in [-0.15, -0.1) is 0 Å². The normalized spacial score (nSPS) is 18.5. The molecule has 106 valence electrons. The van der Waals surface area contributed by atoms with Crippen LogP contribution in [-0.4, -0.2) is 37.8 Å². The average Bonchev–Trinajstić information content (AvgIpc) is 2.43. The molecule has 19 heavy (non-hydrogen) atoms. The highest BCUT2D eigenvalue weighted by atomic mass is 35.5. The molecule has 1 N–H and O–H groups in total. The number of hydrogen-bond acceptors (Lipinski definition) is 2. The maximum atomic E-state index is 14.2. The van der Waals surface area contributed by atoms with Gasteiger partial charge in [-0.3, -0.25) is 9.29 Å². The van der Waals surface area contributed by atoms with Crippen LogP contribution in [0.15, 0.2) is 12.1 Å². The fourth-order valence-electron chi connectivity index (χ4n) is 2.45. The van der Waals surface area contributed by atoms with Crippen molar-refractivity contribution in [2.24, 2.45) is 0 Å². The van der Waals surface area contributed by atoms with E-state index in [1.807, 2.05) is 0 Å². The zero-order valence-corrected chi connectivity index (χ0v) is 11.9. The lowest BCUT2D eigenvalue weighted by atomic mass is 10.0. The molecule has 1 fully saturated rings. The average molecular weight is 309 g/mol. The van der Waals surface area contributed by atoms with Gasteiger partial charge < -0.3 is 5.32 Å². The molecule has 0 spiro atoms. The fraction of sp³-hybridized carbons (Fsp3) is 0.538. The van der Waals surface area contributed by atoms with Gasteiger partial charge in [0.25, 0.3) is 0 Å². The van der Waals surface area contributed by atoms with Crippen LogP contribution in [0.4, 0.5) is 8.78 Å². The zero-order valence-electron chi connectivity index (χ0n) is 10.4. The molecule has 1 saturated heterocycles. The van der Waals surface area contributed by atoms with Crippen LogP contribution in [0.1, 0.15) is 18.0 Å². The summed E-state index contributed by atoms with van der Waals surface area (Å²) in [6.45, 7) is 2.59. The quantitative estimate of drug-likeness (QED) is 0.857. The summed E-state index contributed by atoms with van der Waals surface area (Å²) in [5.74, 6) is -0.536. The number of benzene rings is 1. The van der Waals surface area contributed by atoms with E-state index >= 15 is 0 Å². The van der Waals surface area contributed by atoms with Gasteiger partial charge in [0.15, 0.2) is 0 Å². The van der Waals surface area contributed by atoms with Crippen molar-refractivity contribution in [1.29, 1.82) is 0 Å². The summed E-state index contributed by atoms with van der Waals surface area (Å²) in [5, 5.41) is 3.55. The lowest BCUT2D eigenvalue weighted by molar-refractivity contribution is 0.154. The maximum absolute atomic E-state index is 14.2. The van der Waals surface area contributed by atoms with E-state index in [-0.39, 0.29) is 17.5 Å². The van der Waals surface area contributed by atoms with Crippen molar-refractivity contribution in [1.82, 2.24) is 10.2 Å². The predicted octanol–water partition coefficient (Wildman–Crippen LogP) is 3.44. The topological polar surface area (TPSA) is 15.3 Å². The number of hydrogen-bond donors (Lipinski definition) is 1. The first-order chi connectivity index (χ1) is 9.15. The van der Waals surface area contributed by atoms with E-state index in [1.54, 1.807) is 6.07 Å². The van der Waals surface area contributed by atoms with Crippen molar-refractivity contribution in [3.63, 3.8) is 0 Å². The second kappa shape index (κ2) is 6.84. The van der Waals surface area contributed by atoms with E-state index in [0.29, 0.717) is 10.6 Å². The Hall–Kier alpha value is -0.420. The molecular formula is C13H16Cl2F2N2. The molecule has 2 rings (SSSR count). The molecular weight excluding hydrogens is 293 g/mol. The van der Waals surface area contributed by atoms with Gasteiger partial charge in [0, 0.05) is 42.8 Å². The first kappa shape index (κ1) is 15.0. The third kappa shape index (κ3) is 3.37. The van der Waals surface area contributed by atoms with Gasteiger partial charge in [0.2, 0.25) is 0 Å². The summed E-state index contributed by atoms with van der Waals surface area (Å²) >= 11 is 11.9. The first-order valence-corrected chi connectivity index (χ1v) is 7.05. The third-order valence-corrected chi connectivity index (χ3v) is 4.01. The fourth-order valence-corrected chi connectivity index (χ4v) is 2.89. The Morgan fingerprint density at radius 1 is 1.21 bits per heavy atom. The molecule has 0 saturated carbocycles. The van der Waals surface area contributed by atoms with Gasteiger partial charge in [-0.2, -0.15) is 0 Å². The van der Waals surface area contributed by atoms with Gasteiger partial charge in [-0.1, -0.05) is 23.2 Å². The lowest BCUT2D eigenvalue weighted by Crippen LogP contribution is -2.45. The second-order valence-corrected chi connectivity index (χ2v) is 5.35.